The Hall–Kier alpha value is -0.280. The molecule has 0 radical (unpaired) electrons. The van der Waals surface area contributed by atoms with Crippen molar-refractivity contribution in [3.63, 3.8) is 0 Å². The number of ether oxygens (including phenoxy) is 1. The summed E-state index contributed by atoms with van der Waals surface area (Å²) in [5.41, 5.74) is 1.47. The van der Waals surface area contributed by atoms with E-state index in [0.717, 1.165) is 45.6 Å². The van der Waals surface area contributed by atoms with E-state index in [1.807, 2.05) is 12.1 Å². The molecule has 2 nitrogen and oxygen atoms in total. The number of benzene rings is 1. The summed E-state index contributed by atoms with van der Waals surface area (Å²) in [6, 6.07) is 6.05. The lowest BCUT2D eigenvalue weighted by atomic mass is 9.72. The predicted molar refractivity (Wildman–Crippen MR) is 81.4 cm³/mol. The van der Waals surface area contributed by atoms with Crippen LogP contribution in [0.4, 0.5) is 0 Å². The molecule has 0 spiro atoms. The third kappa shape index (κ3) is 3.63. The van der Waals surface area contributed by atoms with Crippen LogP contribution in [0.25, 0.3) is 0 Å². The highest BCUT2D eigenvalue weighted by Crippen LogP contribution is 2.39. The molecule has 1 aromatic rings. The van der Waals surface area contributed by atoms with Crippen LogP contribution in [0.15, 0.2) is 18.2 Å². The van der Waals surface area contributed by atoms with Crippen molar-refractivity contribution in [3.05, 3.63) is 33.8 Å². The molecule has 106 valence electrons. The average molecular weight is 302 g/mol. The molecule has 1 aliphatic heterocycles. The molecule has 0 amide bonds. The first-order valence-corrected chi connectivity index (χ1v) is 7.67. The van der Waals surface area contributed by atoms with Gasteiger partial charge in [-0.3, -0.25) is 0 Å². The van der Waals surface area contributed by atoms with E-state index in [1.165, 1.54) is 5.56 Å². The van der Waals surface area contributed by atoms with E-state index in [-0.39, 0.29) is 5.41 Å². The molecule has 1 fully saturated rings. The minimum Gasteiger partial charge on any atom is -0.381 e. The molecule has 0 unspecified atom stereocenters. The highest BCUT2D eigenvalue weighted by molar-refractivity contribution is 6.42. The maximum absolute atomic E-state index is 6.18. The van der Waals surface area contributed by atoms with Gasteiger partial charge in [-0.15, -0.1) is 0 Å². The first-order valence-electron chi connectivity index (χ1n) is 6.92. The van der Waals surface area contributed by atoms with Gasteiger partial charge in [0.2, 0.25) is 0 Å². The Morgan fingerprint density at radius 3 is 2.58 bits per heavy atom. The number of hydrogen-bond acceptors (Lipinski definition) is 2. The Morgan fingerprint density at radius 2 is 1.95 bits per heavy atom. The van der Waals surface area contributed by atoms with E-state index >= 15 is 0 Å². The first kappa shape index (κ1) is 15.1. The van der Waals surface area contributed by atoms with Crippen molar-refractivity contribution in [3.8, 4) is 0 Å². The van der Waals surface area contributed by atoms with Gasteiger partial charge >= 0.3 is 0 Å². The summed E-state index contributed by atoms with van der Waals surface area (Å²) >= 11 is 12.2. The van der Waals surface area contributed by atoms with Gasteiger partial charge in [0.05, 0.1) is 10.0 Å². The molecule has 0 bridgehead atoms. The Kier molecular flexibility index (Phi) is 5.52. The molecule has 1 aromatic carbocycles. The minimum atomic E-state index is 0.175. The summed E-state index contributed by atoms with van der Waals surface area (Å²) in [7, 11) is 0. The second-order valence-corrected chi connectivity index (χ2v) is 5.94. The van der Waals surface area contributed by atoms with E-state index in [2.05, 4.69) is 18.3 Å². The summed E-state index contributed by atoms with van der Waals surface area (Å²) in [6.45, 7) is 5.82. The Bertz CT molecular complexity index is 417. The number of rotatable bonds is 5. The van der Waals surface area contributed by atoms with Gasteiger partial charge in [0, 0.05) is 18.6 Å². The summed E-state index contributed by atoms with van der Waals surface area (Å²) in [5, 5.41) is 4.69. The molecule has 1 N–H and O–H groups in total. The van der Waals surface area contributed by atoms with Gasteiger partial charge in [-0.1, -0.05) is 36.2 Å². The van der Waals surface area contributed by atoms with Crippen LogP contribution in [0.1, 0.15) is 31.7 Å². The van der Waals surface area contributed by atoms with Crippen LogP contribution in [0.2, 0.25) is 10.0 Å². The van der Waals surface area contributed by atoms with Gasteiger partial charge in [-0.05, 0) is 50.0 Å². The van der Waals surface area contributed by atoms with E-state index in [9.17, 15) is 0 Å². The molecule has 2 rings (SSSR count). The van der Waals surface area contributed by atoms with Crippen molar-refractivity contribution >= 4 is 23.2 Å². The van der Waals surface area contributed by atoms with Gasteiger partial charge in [-0.2, -0.15) is 0 Å². The minimum absolute atomic E-state index is 0.175. The van der Waals surface area contributed by atoms with Crippen molar-refractivity contribution in [1.82, 2.24) is 5.32 Å². The van der Waals surface area contributed by atoms with Crippen molar-refractivity contribution in [2.45, 2.75) is 31.6 Å². The van der Waals surface area contributed by atoms with Crippen molar-refractivity contribution in [2.75, 3.05) is 26.3 Å². The smallest absolute Gasteiger partial charge is 0.0595 e. The Labute approximate surface area is 125 Å². The van der Waals surface area contributed by atoms with Crippen LogP contribution in [-0.2, 0) is 10.2 Å². The number of hydrogen-bond donors (Lipinski definition) is 1. The molecule has 19 heavy (non-hydrogen) atoms. The third-order valence-corrected chi connectivity index (χ3v) is 4.75. The first-order chi connectivity index (χ1) is 9.18. The fourth-order valence-electron chi connectivity index (χ4n) is 2.78. The van der Waals surface area contributed by atoms with E-state index < -0.39 is 0 Å². The normalized spacial score (nSPS) is 18.5. The zero-order valence-electron chi connectivity index (χ0n) is 11.3. The quantitative estimate of drug-likeness (QED) is 0.829. The maximum Gasteiger partial charge on any atom is 0.0595 e. The summed E-state index contributed by atoms with van der Waals surface area (Å²) in [4.78, 5) is 0. The largest absolute Gasteiger partial charge is 0.381 e. The zero-order chi connectivity index (χ0) is 13.7. The molecule has 4 heteroatoms. The summed E-state index contributed by atoms with van der Waals surface area (Å²) in [5.74, 6) is 0. The molecule has 0 saturated carbocycles. The fourth-order valence-corrected chi connectivity index (χ4v) is 3.07. The Balaban J connectivity index is 2.22. The lowest BCUT2D eigenvalue weighted by Crippen LogP contribution is -2.36. The second-order valence-electron chi connectivity index (χ2n) is 5.13. The maximum atomic E-state index is 6.18. The van der Waals surface area contributed by atoms with Gasteiger partial charge in [0.15, 0.2) is 0 Å². The SMILES string of the molecule is CCNCCC1(c2ccc(Cl)c(Cl)c2)CCOCC1. The van der Waals surface area contributed by atoms with Gasteiger partial charge in [0.25, 0.3) is 0 Å². The predicted octanol–water partition coefficient (Wildman–Crippen LogP) is 4.04. The van der Waals surface area contributed by atoms with Crippen LogP contribution in [0.3, 0.4) is 0 Å². The lowest BCUT2D eigenvalue weighted by molar-refractivity contribution is 0.0469. The zero-order valence-corrected chi connectivity index (χ0v) is 12.9. The van der Waals surface area contributed by atoms with Crippen LogP contribution < -0.4 is 5.32 Å². The summed E-state index contributed by atoms with van der Waals surface area (Å²) in [6.07, 6.45) is 3.22. The fraction of sp³-hybridized carbons (Fsp3) is 0.600. The topological polar surface area (TPSA) is 21.3 Å². The van der Waals surface area contributed by atoms with E-state index in [0.29, 0.717) is 10.0 Å². The second kappa shape index (κ2) is 6.94. The molecular weight excluding hydrogens is 281 g/mol. The van der Waals surface area contributed by atoms with E-state index in [1.54, 1.807) is 0 Å². The van der Waals surface area contributed by atoms with Crippen LogP contribution in [0.5, 0.6) is 0 Å². The van der Waals surface area contributed by atoms with Gasteiger partial charge in [0.1, 0.15) is 0 Å². The van der Waals surface area contributed by atoms with Gasteiger partial charge in [-0.25, -0.2) is 0 Å². The molecule has 1 heterocycles. The molecule has 0 aliphatic carbocycles. The number of nitrogens with one attached hydrogen (secondary N) is 1. The molecule has 0 atom stereocenters. The monoisotopic (exact) mass is 301 g/mol. The number of halogens is 2. The van der Waals surface area contributed by atoms with Gasteiger partial charge < -0.3 is 10.1 Å². The Morgan fingerprint density at radius 1 is 1.21 bits per heavy atom. The van der Waals surface area contributed by atoms with Crippen LogP contribution in [0, 0.1) is 0 Å². The van der Waals surface area contributed by atoms with Crippen molar-refractivity contribution < 1.29 is 4.74 Å². The third-order valence-electron chi connectivity index (χ3n) is 4.01. The van der Waals surface area contributed by atoms with Crippen LogP contribution >= 0.6 is 23.2 Å². The van der Waals surface area contributed by atoms with Crippen LogP contribution in [-0.4, -0.2) is 26.3 Å². The summed E-state index contributed by atoms with van der Waals surface area (Å²) < 4.78 is 5.53. The molecule has 0 aromatic heterocycles. The highest BCUT2D eigenvalue weighted by Gasteiger charge is 2.34. The lowest BCUT2D eigenvalue weighted by Gasteiger charge is -2.38. The standard InChI is InChI=1S/C15H21Cl2NO/c1-2-18-8-5-15(6-9-19-10-7-15)12-3-4-13(16)14(17)11-12/h3-4,11,18H,2,5-10H2,1H3. The molecular formula is C15H21Cl2NO. The van der Waals surface area contributed by atoms with Crippen molar-refractivity contribution in [2.24, 2.45) is 0 Å². The highest BCUT2D eigenvalue weighted by atomic mass is 35.5. The van der Waals surface area contributed by atoms with E-state index in [4.69, 9.17) is 27.9 Å². The molecule has 1 saturated heterocycles. The average Bonchev–Trinajstić information content (AvgIpc) is 2.43. The molecule has 1 aliphatic rings. The van der Waals surface area contributed by atoms with Crippen molar-refractivity contribution in [1.29, 1.82) is 0 Å².